The van der Waals surface area contributed by atoms with Crippen LogP contribution in [0.25, 0.3) is 0 Å². The lowest BCUT2D eigenvalue weighted by atomic mass is 10.3. The lowest BCUT2D eigenvalue weighted by Crippen LogP contribution is -2.30. The van der Waals surface area contributed by atoms with Gasteiger partial charge < -0.3 is 9.47 Å². The first-order chi connectivity index (χ1) is 10.6. The van der Waals surface area contributed by atoms with Crippen LogP contribution in [-0.2, 0) is 20.1 Å². The van der Waals surface area contributed by atoms with Gasteiger partial charge in [0.1, 0.15) is 4.88 Å². The summed E-state index contributed by atoms with van der Waals surface area (Å²) in [5.41, 5.74) is 1.79. The minimum absolute atomic E-state index is 0.0119. The first-order valence-corrected chi connectivity index (χ1v) is 8.51. The van der Waals surface area contributed by atoms with Crippen LogP contribution >= 0.6 is 22.9 Å². The first-order valence-electron chi connectivity index (χ1n) is 6.86. The average Bonchev–Trinajstić information content (AvgIpc) is 3.22. The normalized spacial score (nSPS) is 10.8. The molecule has 0 spiro atoms. The molecule has 5 nitrogen and oxygen atoms in total. The Kier molecular flexibility index (Phi) is 4.35. The fourth-order valence-corrected chi connectivity index (χ4v) is 3.56. The number of thiophene rings is 1. The summed E-state index contributed by atoms with van der Waals surface area (Å²) >= 11 is 2.82. The molecule has 22 heavy (non-hydrogen) atoms. The number of carbonyl (C=O) groups is 1. The standard InChI is InChI=1S/C15H16N4OS2/c1-11-14(22-17-16-11)15(20)19(10-13-6-4-8-21-13)9-12-5-3-7-18(12)2/h3-8H,9-10H2,1-2H3. The quantitative estimate of drug-likeness (QED) is 0.721. The van der Waals surface area contributed by atoms with E-state index in [0.717, 1.165) is 22.1 Å². The summed E-state index contributed by atoms with van der Waals surface area (Å²) in [5, 5.41) is 5.98. The van der Waals surface area contributed by atoms with Gasteiger partial charge in [-0.3, -0.25) is 4.79 Å². The molecule has 3 heterocycles. The number of aryl methyl sites for hydroxylation is 2. The molecule has 1 amide bonds. The summed E-state index contributed by atoms with van der Waals surface area (Å²) in [6.45, 7) is 2.99. The van der Waals surface area contributed by atoms with E-state index in [1.807, 2.05) is 59.3 Å². The van der Waals surface area contributed by atoms with Crippen LogP contribution in [0.3, 0.4) is 0 Å². The molecular formula is C15H16N4OS2. The van der Waals surface area contributed by atoms with Gasteiger partial charge in [-0.15, -0.1) is 16.4 Å². The summed E-state index contributed by atoms with van der Waals surface area (Å²) in [6, 6.07) is 8.08. The Morgan fingerprint density at radius 2 is 2.18 bits per heavy atom. The summed E-state index contributed by atoms with van der Waals surface area (Å²) < 4.78 is 5.91. The fraction of sp³-hybridized carbons (Fsp3) is 0.267. The number of hydrogen-bond donors (Lipinski definition) is 0. The van der Waals surface area contributed by atoms with Gasteiger partial charge in [0.25, 0.3) is 5.91 Å². The summed E-state index contributed by atoms with van der Waals surface area (Å²) in [7, 11) is 1.99. The summed E-state index contributed by atoms with van der Waals surface area (Å²) in [4.78, 5) is 16.5. The number of hydrogen-bond acceptors (Lipinski definition) is 5. The molecule has 0 aliphatic carbocycles. The minimum Gasteiger partial charge on any atom is -0.353 e. The Hall–Kier alpha value is -1.99. The molecule has 0 bridgehead atoms. The van der Waals surface area contributed by atoms with Gasteiger partial charge in [0.15, 0.2) is 0 Å². The minimum atomic E-state index is -0.0119. The third-order valence-electron chi connectivity index (χ3n) is 3.46. The van der Waals surface area contributed by atoms with Crippen LogP contribution in [0, 0.1) is 6.92 Å². The third-order valence-corrected chi connectivity index (χ3v) is 5.14. The van der Waals surface area contributed by atoms with E-state index in [2.05, 4.69) is 9.59 Å². The Balaban J connectivity index is 1.87. The van der Waals surface area contributed by atoms with Crippen molar-refractivity contribution in [1.29, 1.82) is 0 Å². The second-order valence-electron chi connectivity index (χ2n) is 5.04. The van der Waals surface area contributed by atoms with Crippen molar-refractivity contribution < 1.29 is 4.79 Å². The first kappa shape index (κ1) is 14.9. The highest BCUT2D eigenvalue weighted by molar-refractivity contribution is 7.10. The molecule has 0 radical (unpaired) electrons. The maximum Gasteiger partial charge on any atom is 0.268 e. The molecule has 3 aromatic heterocycles. The molecule has 0 fully saturated rings. The van der Waals surface area contributed by atoms with Crippen molar-refractivity contribution >= 4 is 28.8 Å². The molecule has 0 aliphatic rings. The van der Waals surface area contributed by atoms with Crippen molar-refractivity contribution in [2.24, 2.45) is 7.05 Å². The van der Waals surface area contributed by atoms with Crippen LogP contribution in [-0.4, -0.2) is 25.0 Å². The predicted molar refractivity (Wildman–Crippen MR) is 88.0 cm³/mol. The molecule has 0 aromatic carbocycles. The van der Waals surface area contributed by atoms with Gasteiger partial charge in [-0.2, -0.15) is 0 Å². The lowest BCUT2D eigenvalue weighted by Gasteiger charge is -2.22. The van der Waals surface area contributed by atoms with Crippen molar-refractivity contribution in [2.45, 2.75) is 20.0 Å². The van der Waals surface area contributed by atoms with E-state index in [4.69, 9.17) is 0 Å². The van der Waals surface area contributed by atoms with Gasteiger partial charge in [0.2, 0.25) is 0 Å². The van der Waals surface area contributed by atoms with Crippen molar-refractivity contribution in [2.75, 3.05) is 0 Å². The molecule has 0 unspecified atom stereocenters. The zero-order valence-corrected chi connectivity index (χ0v) is 14.0. The molecule has 3 rings (SSSR count). The van der Waals surface area contributed by atoms with Gasteiger partial charge in [-0.1, -0.05) is 10.6 Å². The monoisotopic (exact) mass is 332 g/mol. The highest BCUT2D eigenvalue weighted by Gasteiger charge is 2.22. The molecule has 7 heteroatoms. The summed E-state index contributed by atoms with van der Waals surface area (Å²) in [6.07, 6.45) is 1.99. The van der Waals surface area contributed by atoms with E-state index in [9.17, 15) is 4.79 Å². The smallest absolute Gasteiger partial charge is 0.268 e. The number of aromatic nitrogens is 3. The Labute approximate surface area is 137 Å². The second-order valence-corrected chi connectivity index (χ2v) is 6.82. The van der Waals surface area contributed by atoms with Crippen LogP contribution in [0.2, 0.25) is 0 Å². The van der Waals surface area contributed by atoms with Crippen molar-refractivity contribution in [3.63, 3.8) is 0 Å². The molecule has 0 atom stereocenters. The fourth-order valence-electron chi connectivity index (χ4n) is 2.22. The molecule has 0 saturated heterocycles. The van der Waals surface area contributed by atoms with Crippen LogP contribution in [0.4, 0.5) is 0 Å². The zero-order chi connectivity index (χ0) is 15.5. The van der Waals surface area contributed by atoms with E-state index in [1.165, 1.54) is 0 Å². The topological polar surface area (TPSA) is 51.0 Å². The van der Waals surface area contributed by atoms with Crippen molar-refractivity contribution in [1.82, 2.24) is 19.1 Å². The average molecular weight is 332 g/mol. The van der Waals surface area contributed by atoms with E-state index >= 15 is 0 Å². The SMILES string of the molecule is Cc1nnsc1C(=O)N(Cc1cccs1)Cc1cccn1C. The predicted octanol–water partition coefficient (Wildman–Crippen LogP) is 3.09. The van der Waals surface area contributed by atoms with Crippen LogP contribution < -0.4 is 0 Å². The lowest BCUT2D eigenvalue weighted by molar-refractivity contribution is 0.0732. The highest BCUT2D eigenvalue weighted by atomic mass is 32.1. The molecule has 0 aliphatic heterocycles. The van der Waals surface area contributed by atoms with Crippen molar-refractivity contribution in [3.8, 4) is 0 Å². The number of amides is 1. The third kappa shape index (κ3) is 3.10. The van der Waals surface area contributed by atoms with Crippen LogP contribution in [0.1, 0.15) is 25.9 Å². The van der Waals surface area contributed by atoms with Gasteiger partial charge in [-0.25, -0.2) is 0 Å². The second kappa shape index (κ2) is 6.41. The van der Waals surface area contributed by atoms with Gasteiger partial charge in [0.05, 0.1) is 18.8 Å². The molecular weight excluding hydrogens is 316 g/mol. The number of nitrogens with zero attached hydrogens (tertiary/aromatic N) is 4. The van der Waals surface area contributed by atoms with Gasteiger partial charge >= 0.3 is 0 Å². The molecule has 114 valence electrons. The highest BCUT2D eigenvalue weighted by Crippen LogP contribution is 2.19. The number of rotatable bonds is 5. The van der Waals surface area contributed by atoms with E-state index < -0.39 is 0 Å². The summed E-state index contributed by atoms with van der Waals surface area (Å²) in [5.74, 6) is -0.0119. The van der Waals surface area contributed by atoms with E-state index in [0.29, 0.717) is 23.7 Å². The maximum absolute atomic E-state index is 12.8. The van der Waals surface area contributed by atoms with Gasteiger partial charge in [0, 0.05) is 23.8 Å². The molecule has 3 aromatic rings. The molecule has 0 saturated carbocycles. The van der Waals surface area contributed by atoms with Crippen LogP contribution in [0.5, 0.6) is 0 Å². The maximum atomic E-state index is 12.8. The van der Waals surface area contributed by atoms with Gasteiger partial charge in [-0.05, 0) is 42.0 Å². The Morgan fingerprint density at radius 1 is 1.32 bits per heavy atom. The van der Waals surface area contributed by atoms with E-state index in [1.54, 1.807) is 11.3 Å². The largest absolute Gasteiger partial charge is 0.353 e. The molecule has 0 N–H and O–H groups in total. The Bertz CT molecular complexity index is 760. The number of carbonyl (C=O) groups excluding carboxylic acids is 1. The van der Waals surface area contributed by atoms with Crippen LogP contribution in [0.15, 0.2) is 35.8 Å². The van der Waals surface area contributed by atoms with E-state index in [-0.39, 0.29) is 5.91 Å². The zero-order valence-electron chi connectivity index (χ0n) is 12.4. The Morgan fingerprint density at radius 3 is 2.77 bits per heavy atom. The van der Waals surface area contributed by atoms with Crippen molar-refractivity contribution in [3.05, 3.63) is 57.0 Å².